The quantitative estimate of drug-likeness (QED) is 0.706. The number of aromatic nitrogens is 2. The van der Waals surface area contributed by atoms with E-state index in [1.807, 2.05) is 23.6 Å². The third-order valence-corrected chi connectivity index (χ3v) is 5.38. The Morgan fingerprint density at radius 1 is 1.14 bits per heavy atom. The van der Waals surface area contributed by atoms with Crippen LogP contribution < -0.4 is 0 Å². The number of hydrogen-bond donors (Lipinski definition) is 1. The van der Waals surface area contributed by atoms with Gasteiger partial charge in [0.2, 0.25) is 5.88 Å². The van der Waals surface area contributed by atoms with Crippen LogP contribution >= 0.6 is 0 Å². The molecule has 0 atom stereocenters. The molecule has 142 valence electrons. The molecule has 0 saturated carbocycles. The van der Waals surface area contributed by atoms with E-state index in [0.717, 1.165) is 42.8 Å². The fraction of sp³-hybridized carbons (Fsp3) is 0.318. The van der Waals surface area contributed by atoms with Gasteiger partial charge in [-0.3, -0.25) is 9.69 Å². The van der Waals surface area contributed by atoms with Crippen LogP contribution in [0.15, 0.2) is 36.4 Å². The SMILES string of the molecule is Cc1c(C(=O)CN2CCCCC2)c2nc(O)ccc2n1-c1ccc(C#N)cc1. The van der Waals surface area contributed by atoms with Crippen molar-refractivity contribution in [3.8, 4) is 17.6 Å². The molecule has 3 aromatic rings. The maximum Gasteiger partial charge on any atom is 0.211 e. The molecule has 0 aliphatic carbocycles. The summed E-state index contributed by atoms with van der Waals surface area (Å²) in [7, 11) is 0. The molecule has 1 N–H and O–H groups in total. The minimum Gasteiger partial charge on any atom is -0.493 e. The average Bonchev–Trinajstić information content (AvgIpc) is 3.00. The monoisotopic (exact) mass is 374 g/mol. The fourth-order valence-corrected chi connectivity index (χ4v) is 4.02. The molecular formula is C22H22N4O2. The minimum atomic E-state index is -0.100. The summed E-state index contributed by atoms with van der Waals surface area (Å²) < 4.78 is 1.96. The van der Waals surface area contributed by atoms with Crippen molar-refractivity contribution < 1.29 is 9.90 Å². The number of hydrogen-bond acceptors (Lipinski definition) is 5. The van der Waals surface area contributed by atoms with Crippen molar-refractivity contribution >= 4 is 16.8 Å². The maximum absolute atomic E-state index is 13.2. The normalized spacial score (nSPS) is 14.9. The van der Waals surface area contributed by atoms with Gasteiger partial charge < -0.3 is 9.67 Å². The average molecular weight is 374 g/mol. The number of benzene rings is 1. The topological polar surface area (TPSA) is 82.2 Å². The molecule has 0 unspecified atom stereocenters. The smallest absolute Gasteiger partial charge is 0.211 e. The highest BCUT2D eigenvalue weighted by atomic mass is 16.3. The first-order valence-corrected chi connectivity index (χ1v) is 9.55. The lowest BCUT2D eigenvalue weighted by Gasteiger charge is -2.25. The van der Waals surface area contributed by atoms with Gasteiger partial charge >= 0.3 is 0 Å². The third-order valence-electron chi connectivity index (χ3n) is 5.38. The van der Waals surface area contributed by atoms with Gasteiger partial charge in [0.1, 0.15) is 5.52 Å². The van der Waals surface area contributed by atoms with Crippen molar-refractivity contribution in [3.63, 3.8) is 0 Å². The van der Waals surface area contributed by atoms with E-state index in [1.54, 1.807) is 18.2 Å². The predicted octanol–water partition coefficient (Wildman–Crippen LogP) is 3.58. The molecular weight excluding hydrogens is 352 g/mol. The summed E-state index contributed by atoms with van der Waals surface area (Å²) in [6.07, 6.45) is 3.47. The van der Waals surface area contributed by atoms with Crippen molar-refractivity contribution in [3.05, 3.63) is 53.2 Å². The first kappa shape index (κ1) is 18.2. The summed E-state index contributed by atoms with van der Waals surface area (Å²) in [6.45, 7) is 4.15. The van der Waals surface area contributed by atoms with E-state index in [4.69, 9.17) is 5.26 Å². The van der Waals surface area contributed by atoms with Crippen LogP contribution in [-0.2, 0) is 0 Å². The standard InChI is InChI=1S/C22H22N4O2/c1-15-21(19(27)14-25-11-3-2-4-12-25)22-18(9-10-20(28)24-22)26(15)17-7-5-16(13-23)6-8-17/h5-10H,2-4,11-12,14H2,1H3,(H,24,28). The van der Waals surface area contributed by atoms with Crippen molar-refractivity contribution in [1.82, 2.24) is 14.5 Å². The van der Waals surface area contributed by atoms with E-state index in [9.17, 15) is 9.90 Å². The molecule has 0 radical (unpaired) electrons. The zero-order valence-corrected chi connectivity index (χ0v) is 15.9. The highest BCUT2D eigenvalue weighted by molar-refractivity contribution is 6.09. The summed E-state index contributed by atoms with van der Waals surface area (Å²) in [5.41, 5.74) is 4.06. The molecule has 1 aliphatic rings. The Morgan fingerprint density at radius 2 is 1.86 bits per heavy atom. The Balaban J connectivity index is 1.81. The number of pyridine rings is 1. The van der Waals surface area contributed by atoms with E-state index in [1.165, 1.54) is 12.5 Å². The van der Waals surface area contributed by atoms with Gasteiger partial charge in [-0.05, 0) is 63.2 Å². The van der Waals surface area contributed by atoms with Crippen LogP contribution in [0, 0.1) is 18.3 Å². The van der Waals surface area contributed by atoms with Gasteiger partial charge in [-0.1, -0.05) is 6.42 Å². The van der Waals surface area contributed by atoms with Crippen LogP contribution in [0.5, 0.6) is 5.88 Å². The lowest BCUT2D eigenvalue weighted by molar-refractivity contribution is 0.0916. The first-order valence-electron chi connectivity index (χ1n) is 9.55. The Labute approximate surface area is 163 Å². The molecule has 6 heteroatoms. The van der Waals surface area contributed by atoms with Crippen molar-refractivity contribution in [2.45, 2.75) is 26.2 Å². The Hall–Kier alpha value is -3.17. The Kier molecular flexibility index (Phi) is 4.84. The highest BCUT2D eigenvalue weighted by Gasteiger charge is 2.24. The molecule has 0 spiro atoms. The van der Waals surface area contributed by atoms with E-state index < -0.39 is 0 Å². The van der Waals surface area contributed by atoms with Gasteiger partial charge in [0.05, 0.1) is 29.3 Å². The number of aromatic hydroxyl groups is 1. The largest absolute Gasteiger partial charge is 0.493 e. The van der Waals surface area contributed by atoms with E-state index in [0.29, 0.717) is 23.2 Å². The lowest BCUT2D eigenvalue weighted by Crippen LogP contribution is -2.34. The van der Waals surface area contributed by atoms with E-state index in [2.05, 4.69) is 16.0 Å². The van der Waals surface area contributed by atoms with Crippen molar-refractivity contribution in [2.24, 2.45) is 0 Å². The number of carbonyl (C=O) groups is 1. The Morgan fingerprint density at radius 3 is 2.54 bits per heavy atom. The molecule has 2 aromatic heterocycles. The van der Waals surface area contributed by atoms with Gasteiger partial charge in [0.25, 0.3) is 0 Å². The fourth-order valence-electron chi connectivity index (χ4n) is 4.02. The van der Waals surface area contributed by atoms with E-state index in [-0.39, 0.29) is 11.7 Å². The van der Waals surface area contributed by atoms with Crippen LogP contribution in [0.4, 0.5) is 0 Å². The minimum absolute atomic E-state index is 0.0231. The molecule has 0 amide bonds. The molecule has 6 nitrogen and oxygen atoms in total. The van der Waals surface area contributed by atoms with Crippen LogP contribution in [0.3, 0.4) is 0 Å². The second kappa shape index (κ2) is 7.45. The number of fused-ring (bicyclic) bond motifs is 1. The van der Waals surface area contributed by atoms with Crippen LogP contribution in [0.2, 0.25) is 0 Å². The number of likely N-dealkylation sites (tertiary alicyclic amines) is 1. The molecule has 0 bridgehead atoms. The second-order valence-electron chi connectivity index (χ2n) is 7.25. The molecule has 4 rings (SSSR count). The molecule has 1 saturated heterocycles. The first-order chi connectivity index (χ1) is 13.6. The molecule has 3 heterocycles. The Bertz CT molecular complexity index is 1070. The number of carbonyl (C=O) groups excluding carboxylic acids is 1. The summed E-state index contributed by atoms with van der Waals surface area (Å²) in [5.74, 6) is -0.0774. The van der Waals surface area contributed by atoms with Gasteiger partial charge in [0.15, 0.2) is 5.78 Å². The number of piperidine rings is 1. The summed E-state index contributed by atoms with van der Waals surface area (Å²) in [5, 5.41) is 19.0. The van der Waals surface area contributed by atoms with Gasteiger partial charge in [-0.2, -0.15) is 5.26 Å². The number of nitriles is 1. The van der Waals surface area contributed by atoms with Crippen LogP contribution in [0.25, 0.3) is 16.7 Å². The molecule has 28 heavy (non-hydrogen) atoms. The zero-order valence-electron chi connectivity index (χ0n) is 15.9. The van der Waals surface area contributed by atoms with Crippen LogP contribution in [0.1, 0.15) is 40.9 Å². The van der Waals surface area contributed by atoms with Gasteiger partial charge in [-0.25, -0.2) is 4.98 Å². The number of nitrogens with zero attached hydrogens (tertiary/aromatic N) is 4. The van der Waals surface area contributed by atoms with Gasteiger partial charge in [-0.15, -0.1) is 0 Å². The second-order valence-corrected chi connectivity index (χ2v) is 7.25. The lowest BCUT2D eigenvalue weighted by atomic mass is 10.1. The van der Waals surface area contributed by atoms with Crippen LogP contribution in [-0.4, -0.2) is 45.0 Å². The summed E-state index contributed by atoms with van der Waals surface area (Å²) in [4.78, 5) is 19.7. The number of Topliss-reactive ketones (excluding diaryl/α,β-unsaturated/α-hetero) is 1. The predicted molar refractivity (Wildman–Crippen MR) is 107 cm³/mol. The van der Waals surface area contributed by atoms with E-state index >= 15 is 0 Å². The molecule has 1 fully saturated rings. The number of rotatable bonds is 4. The molecule has 1 aliphatic heterocycles. The van der Waals surface area contributed by atoms with Crippen molar-refractivity contribution in [1.29, 1.82) is 5.26 Å². The van der Waals surface area contributed by atoms with Gasteiger partial charge in [0, 0.05) is 17.4 Å². The summed E-state index contributed by atoms with van der Waals surface area (Å²) >= 11 is 0. The number of ketones is 1. The third kappa shape index (κ3) is 3.25. The maximum atomic E-state index is 13.2. The summed E-state index contributed by atoms with van der Waals surface area (Å²) in [6, 6.07) is 12.6. The highest BCUT2D eigenvalue weighted by Crippen LogP contribution is 2.30. The zero-order chi connectivity index (χ0) is 19.7. The van der Waals surface area contributed by atoms with Crippen molar-refractivity contribution in [2.75, 3.05) is 19.6 Å². The molecule has 1 aromatic carbocycles.